The van der Waals surface area contributed by atoms with Crippen LogP contribution >= 0.6 is 15.9 Å². The zero-order chi connectivity index (χ0) is 24.6. The van der Waals surface area contributed by atoms with Crippen LogP contribution in [-0.2, 0) is 13.0 Å². The fraction of sp³-hybridized carbons (Fsp3) is 0.333. The molecule has 0 aliphatic carbocycles. The maximum Gasteiger partial charge on any atom is 0.251 e. The van der Waals surface area contributed by atoms with E-state index in [2.05, 4.69) is 88.2 Å². The van der Waals surface area contributed by atoms with Crippen LogP contribution in [0.3, 0.4) is 0 Å². The van der Waals surface area contributed by atoms with Gasteiger partial charge in [0.25, 0.3) is 5.91 Å². The van der Waals surface area contributed by atoms with Crippen molar-refractivity contribution in [2.24, 2.45) is 0 Å². The van der Waals surface area contributed by atoms with Crippen molar-refractivity contribution in [3.05, 3.63) is 99.8 Å². The van der Waals surface area contributed by atoms with E-state index < -0.39 is 0 Å². The number of halogens is 1. The summed E-state index contributed by atoms with van der Waals surface area (Å²) >= 11 is 3.40. The number of rotatable bonds is 11. The lowest BCUT2D eigenvalue weighted by Crippen LogP contribution is -2.24. The molecule has 0 saturated carbocycles. The van der Waals surface area contributed by atoms with Crippen LogP contribution in [0.15, 0.2) is 77.3 Å². The van der Waals surface area contributed by atoms with Crippen molar-refractivity contribution >= 4 is 32.9 Å². The number of aryl methyl sites for hydroxylation is 1. The van der Waals surface area contributed by atoms with Gasteiger partial charge in [-0.2, -0.15) is 0 Å². The summed E-state index contributed by atoms with van der Waals surface area (Å²) in [4.78, 5) is 17.2. The van der Waals surface area contributed by atoms with Crippen LogP contribution in [0.4, 0.5) is 0 Å². The number of carbonyl (C=O) groups excluding carboxylic acids is 1. The first-order chi connectivity index (χ1) is 17.0. The molecule has 0 radical (unpaired) electrons. The Hall–Kier alpha value is -2.92. The van der Waals surface area contributed by atoms with Crippen molar-refractivity contribution in [2.75, 3.05) is 6.54 Å². The van der Waals surface area contributed by atoms with E-state index in [1.165, 1.54) is 16.6 Å². The zero-order valence-electron chi connectivity index (χ0n) is 20.6. The first-order valence-corrected chi connectivity index (χ1v) is 13.4. The third-order valence-corrected chi connectivity index (χ3v) is 7.23. The molecule has 0 aliphatic rings. The number of hydrogen-bond acceptors (Lipinski definition) is 2. The Morgan fingerprint density at radius 2 is 1.71 bits per heavy atom. The second kappa shape index (κ2) is 12.2. The summed E-state index contributed by atoms with van der Waals surface area (Å²) in [7, 11) is 0. The maximum absolute atomic E-state index is 12.3. The molecule has 4 aromatic rings. The molecule has 0 spiro atoms. The van der Waals surface area contributed by atoms with Crippen molar-refractivity contribution in [3.63, 3.8) is 0 Å². The molecule has 1 amide bonds. The Balaban J connectivity index is 1.33. The van der Waals surface area contributed by atoms with Gasteiger partial charge >= 0.3 is 0 Å². The number of benzene rings is 3. The first-order valence-electron chi connectivity index (χ1n) is 12.6. The third kappa shape index (κ3) is 6.61. The van der Waals surface area contributed by atoms with Gasteiger partial charge in [-0.1, -0.05) is 72.6 Å². The van der Waals surface area contributed by atoms with Crippen LogP contribution in [0.2, 0.25) is 0 Å². The lowest BCUT2D eigenvalue weighted by molar-refractivity contribution is 0.0953. The molecule has 0 fully saturated rings. The van der Waals surface area contributed by atoms with E-state index in [1.807, 2.05) is 24.3 Å². The predicted octanol–water partition coefficient (Wildman–Crippen LogP) is 7.50. The molecule has 1 N–H and O–H groups in total. The monoisotopic (exact) mass is 531 g/mol. The van der Waals surface area contributed by atoms with Gasteiger partial charge in [-0.15, -0.1) is 0 Å². The molecule has 1 aromatic heterocycles. The van der Waals surface area contributed by atoms with Gasteiger partial charge in [0.1, 0.15) is 5.82 Å². The normalized spacial score (nSPS) is 12.1. The Kier molecular flexibility index (Phi) is 8.75. The summed E-state index contributed by atoms with van der Waals surface area (Å²) in [6, 6.07) is 24.9. The van der Waals surface area contributed by atoms with Crippen molar-refractivity contribution < 1.29 is 4.79 Å². The quantitative estimate of drug-likeness (QED) is 0.203. The Labute approximate surface area is 216 Å². The van der Waals surface area contributed by atoms with Gasteiger partial charge in [0.15, 0.2) is 0 Å². The molecule has 1 unspecified atom stereocenters. The average molecular weight is 533 g/mol. The second-order valence-corrected chi connectivity index (χ2v) is 10.1. The molecule has 182 valence electrons. The van der Waals surface area contributed by atoms with Crippen LogP contribution in [0.25, 0.3) is 11.0 Å². The number of imidazole rings is 1. The molecule has 5 heteroatoms. The lowest BCUT2D eigenvalue weighted by atomic mass is 9.97. The minimum absolute atomic E-state index is 0.0151. The summed E-state index contributed by atoms with van der Waals surface area (Å²) in [6.07, 6.45) is 5.14. The van der Waals surface area contributed by atoms with E-state index in [-0.39, 0.29) is 5.91 Å². The molecular formula is C30H34BrN3O. The van der Waals surface area contributed by atoms with Crippen molar-refractivity contribution in [1.29, 1.82) is 0 Å². The number of nitrogens with one attached hydrogen (secondary N) is 1. The van der Waals surface area contributed by atoms with Crippen LogP contribution < -0.4 is 5.32 Å². The summed E-state index contributed by atoms with van der Waals surface area (Å²) in [5.74, 6) is 1.71. The van der Waals surface area contributed by atoms with E-state index in [0.717, 1.165) is 54.5 Å². The van der Waals surface area contributed by atoms with Gasteiger partial charge in [0.05, 0.1) is 11.0 Å². The predicted molar refractivity (Wildman–Crippen MR) is 148 cm³/mol. The number of para-hydroxylation sites is 2. The van der Waals surface area contributed by atoms with E-state index in [4.69, 9.17) is 4.98 Å². The summed E-state index contributed by atoms with van der Waals surface area (Å²) < 4.78 is 3.34. The molecule has 1 heterocycles. The van der Waals surface area contributed by atoms with E-state index >= 15 is 0 Å². The Morgan fingerprint density at radius 1 is 0.971 bits per heavy atom. The highest BCUT2D eigenvalue weighted by molar-refractivity contribution is 9.10. The van der Waals surface area contributed by atoms with Gasteiger partial charge in [-0.05, 0) is 72.7 Å². The van der Waals surface area contributed by atoms with Crippen LogP contribution in [-0.4, -0.2) is 22.0 Å². The Morgan fingerprint density at radius 3 is 2.46 bits per heavy atom. The van der Waals surface area contributed by atoms with Crippen molar-refractivity contribution in [3.8, 4) is 0 Å². The van der Waals surface area contributed by atoms with Gasteiger partial charge in [-0.25, -0.2) is 4.98 Å². The number of amides is 1. The van der Waals surface area contributed by atoms with Crippen molar-refractivity contribution in [1.82, 2.24) is 14.9 Å². The number of hydrogen-bond donors (Lipinski definition) is 1. The number of fused-ring (bicyclic) bond motifs is 1. The van der Waals surface area contributed by atoms with Crippen molar-refractivity contribution in [2.45, 2.75) is 58.4 Å². The van der Waals surface area contributed by atoms with Gasteiger partial charge in [0, 0.05) is 29.5 Å². The highest BCUT2D eigenvalue weighted by Gasteiger charge is 2.12. The first kappa shape index (κ1) is 25.2. The fourth-order valence-corrected chi connectivity index (χ4v) is 4.62. The average Bonchev–Trinajstić information content (AvgIpc) is 3.23. The van der Waals surface area contributed by atoms with Crippen LogP contribution in [0.1, 0.15) is 72.8 Å². The largest absolute Gasteiger partial charge is 0.352 e. The van der Waals surface area contributed by atoms with E-state index in [1.54, 1.807) is 0 Å². The topological polar surface area (TPSA) is 46.9 Å². The van der Waals surface area contributed by atoms with Gasteiger partial charge < -0.3 is 9.88 Å². The fourth-order valence-electron chi connectivity index (χ4n) is 4.35. The molecule has 4 nitrogen and oxygen atoms in total. The zero-order valence-corrected chi connectivity index (χ0v) is 22.2. The minimum Gasteiger partial charge on any atom is -0.352 e. The summed E-state index contributed by atoms with van der Waals surface area (Å²) in [5, 5.41) is 3.02. The molecule has 0 aliphatic heterocycles. The molecule has 1 atom stereocenters. The molecule has 3 aromatic carbocycles. The number of unbranched alkanes of at least 4 members (excludes halogenated alkanes) is 2. The maximum atomic E-state index is 12.3. The highest BCUT2D eigenvalue weighted by Crippen LogP contribution is 2.22. The lowest BCUT2D eigenvalue weighted by Gasteiger charge is -2.12. The van der Waals surface area contributed by atoms with Crippen LogP contribution in [0.5, 0.6) is 0 Å². The van der Waals surface area contributed by atoms with E-state index in [0.29, 0.717) is 18.0 Å². The standard InChI is InChI=1S/C30H34BrN3O/c1-3-22(2)24-14-12-23(13-15-24)21-34-28-10-7-6-9-27(28)33-29(34)11-5-4-8-20-32-30(35)25-16-18-26(31)19-17-25/h6-7,9-10,12-19,22H,3-5,8,11,20-21H2,1-2H3,(H,32,35). The number of aromatic nitrogens is 2. The summed E-state index contributed by atoms with van der Waals surface area (Å²) in [6.45, 7) is 6.04. The Bertz CT molecular complexity index is 1250. The smallest absolute Gasteiger partial charge is 0.251 e. The van der Waals surface area contributed by atoms with Gasteiger partial charge in [0.2, 0.25) is 0 Å². The molecule has 0 bridgehead atoms. The van der Waals surface area contributed by atoms with Gasteiger partial charge in [-0.3, -0.25) is 4.79 Å². The highest BCUT2D eigenvalue weighted by atomic mass is 79.9. The van der Waals surface area contributed by atoms with Crippen LogP contribution in [0, 0.1) is 0 Å². The van der Waals surface area contributed by atoms with E-state index in [9.17, 15) is 4.79 Å². The SMILES string of the molecule is CCC(C)c1ccc(Cn2c(CCCCCNC(=O)c3ccc(Br)cc3)nc3ccccc32)cc1. The number of nitrogens with zero attached hydrogens (tertiary/aromatic N) is 2. The summed E-state index contributed by atoms with van der Waals surface area (Å²) in [5.41, 5.74) is 5.64. The molecule has 0 saturated heterocycles. The molecular weight excluding hydrogens is 498 g/mol. The second-order valence-electron chi connectivity index (χ2n) is 9.23. The molecule has 4 rings (SSSR count). The third-order valence-electron chi connectivity index (χ3n) is 6.70. The number of carbonyl (C=O) groups is 1. The minimum atomic E-state index is -0.0151. The molecule has 35 heavy (non-hydrogen) atoms.